The van der Waals surface area contributed by atoms with Crippen LogP contribution in [0.15, 0.2) is 28.8 Å². The Hall–Kier alpha value is -2.23. The van der Waals surface area contributed by atoms with Crippen LogP contribution in [-0.4, -0.2) is 46.1 Å². The summed E-state index contributed by atoms with van der Waals surface area (Å²) in [7, 11) is 0. The number of nitrogens with zero attached hydrogens (tertiary/aromatic N) is 5. The van der Waals surface area contributed by atoms with E-state index in [1.807, 2.05) is 12.1 Å². The van der Waals surface area contributed by atoms with Gasteiger partial charge in [0.15, 0.2) is 5.82 Å². The maximum absolute atomic E-state index is 8.91. The first-order chi connectivity index (χ1) is 12.7. The van der Waals surface area contributed by atoms with Gasteiger partial charge in [-0.2, -0.15) is 10.2 Å². The summed E-state index contributed by atoms with van der Waals surface area (Å²) in [5.74, 6) is 1.54. The van der Waals surface area contributed by atoms with E-state index in [-0.39, 0.29) is 6.04 Å². The Balaban J connectivity index is 1.55. The topological polar surface area (TPSA) is 69.2 Å². The molecule has 0 aliphatic carbocycles. The number of benzene rings is 1. The fourth-order valence-corrected chi connectivity index (χ4v) is 3.40. The van der Waals surface area contributed by atoms with Crippen molar-refractivity contribution in [3.8, 4) is 6.07 Å². The van der Waals surface area contributed by atoms with Crippen molar-refractivity contribution in [2.75, 3.05) is 26.2 Å². The number of rotatable bonds is 6. The predicted molar refractivity (Wildman–Crippen MR) is 99.3 cm³/mol. The highest BCUT2D eigenvalue weighted by atomic mass is 16.5. The first-order valence-electron chi connectivity index (χ1n) is 9.47. The van der Waals surface area contributed by atoms with E-state index in [9.17, 15) is 0 Å². The van der Waals surface area contributed by atoms with E-state index in [0.717, 1.165) is 63.7 Å². The zero-order chi connectivity index (χ0) is 18.4. The molecule has 1 aromatic heterocycles. The van der Waals surface area contributed by atoms with Gasteiger partial charge < -0.3 is 4.52 Å². The molecule has 2 heterocycles. The van der Waals surface area contributed by atoms with E-state index in [2.05, 4.69) is 52.0 Å². The van der Waals surface area contributed by atoms with Crippen LogP contribution in [0.4, 0.5) is 0 Å². The third kappa shape index (κ3) is 4.69. The lowest BCUT2D eigenvalue weighted by Gasteiger charge is -2.25. The molecule has 1 fully saturated rings. The number of aryl methyl sites for hydroxylation is 1. The van der Waals surface area contributed by atoms with Crippen LogP contribution in [0.2, 0.25) is 0 Å². The molecule has 26 heavy (non-hydrogen) atoms. The summed E-state index contributed by atoms with van der Waals surface area (Å²) in [6.45, 7) is 9.32. The van der Waals surface area contributed by atoms with Crippen LogP contribution >= 0.6 is 0 Å². The zero-order valence-electron chi connectivity index (χ0n) is 15.7. The molecule has 1 saturated heterocycles. The van der Waals surface area contributed by atoms with E-state index in [1.165, 1.54) is 5.56 Å². The number of nitriles is 1. The average molecular weight is 353 g/mol. The summed E-state index contributed by atoms with van der Waals surface area (Å²) in [5, 5.41) is 13.0. The minimum Gasteiger partial charge on any atom is -0.338 e. The number of hydrogen-bond donors (Lipinski definition) is 0. The molecule has 6 nitrogen and oxygen atoms in total. The molecule has 0 saturated carbocycles. The van der Waals surface area contributed by atoms with Gasteiger partial charge in [0.1, 0.15) is 0 Å². The van der Waals surface area contributed by atoms with Gasteiger partial charge in [-0.25, -0.2) is 0 Å². The molecule has 0 N–H and O–H groups in total. The van der Waals surface area contributed by atoms with E-state index >= 15 is 0 Å². The van der Waals surface area contributed by atoms with Crippen LogP contribution in [0, 0.1) is 11.3 Å². The number of aromatic nitrogens is 2. The van der Waals surface area contributed by atoms with Gasteiger partial charge in [0.25, 0.3) is 0 Å². The van der Waals surface area contributed by atoms with Crippen LogP contribution in [0.25, 0.3) is 0 Å². The largest absolute Gasteiger partial charge is 0.338 e. The first-order valence-corrected chi connectivity index (χ1v) is 9.47. The van der Waals surface area contributed by atoms with Crippen LogP contribution < -0.4 is 0 Å². The van der Waals surface area contributed by atoms with E-state index in [4.69, 9.17) is 9.78 Å². The lowest BCUT2D eigenvalue weighted by Crippen LogP contribution is -2.32. The summed E-state index contributed by atoms with van der Waals surface area (Å²) >= 11 is 0. The highest BCUT2D eigenvalue weighted by molar-refractivity contribution is 5.31. The van der Waals surface area contributed by atoms with Crippen molar-refractivity contribution >= 4 is 0 Å². The van der Waals surface area contributed by atoms with Gasteiger partial charge in [-0.05, 0) is 44.0 Å². The Morgan fingerprint density at radius 3 is 2.73 bits per heavy atom. The fraction of sp³-hybridized carbons (Fsp3) is 0.550. The van der Waals surface area contributed by atoms with Crippen molar-refractivity contribution in [1.82, 2.24) is 19.9 Å². The van der Waals surface area contributed by atoms with Gasteiger partial charge >= 0.3 is 0 Å². The quantitative estimate of drug-likeness (QED) is 0.794. The Labute approximate surface area is 155 Å². The third-order valence-corrected chi connectivity index (χ3v) is 4.97. The summed E-state index contributed by atoms with van der Waals surface area (Å²) in [6.07, 6.45) is 3.02. The molecule has 1 aromatic carbocycles. The van der Waals surface area contributed by atoms with Crippen LogP contribution in [-0.2, 0) is 13.0 Å². The van der Waals surface area contributed by atoms with Crippen molar-refractivity contribution in [2.24, 2.45) is 0 Å². The molecule has 1 aliphatic heterocycles. The highest BCUT2D eigenvalue weighted by Gasteiger charge is 2.24. The molecular formula is C20H27N5O. The molecule has 1 aliphatic rings. The summed E-state index contributed by atoms with van der Waals surface area (Å²) < 4.78 is 5.47. The van der Waals surface area contributed by atoms with Gasteiger partial charge in [-0.3, -0.25) is 9.80 Å². The molecule has 0 spiro atoms. The molecule has 0 amide bonds. The minimum absolute atomic E-state index is 0.156. The predicted octanol–water partition coefficient (Wildman–Crippen LogP) is 3.16. The maximum atomic E-state index is 8.91. The third-order valence-electron chi connectivity index (χ3n) is 4.97. The second-order valence-electron chi connectivity index (χ2n) is 6.95. The molecule has 2 aromatic rings. The molecule has 1 atom stereocenters. The van der Waals surface area contributed by atoms with Gasteiger partial charge in [0, 0.05) is 32.6 Å². The standard InChI is InChI=1S/C20H27N5O/c1-3-5-19-22-20(26-23-19)16(2)25-11-4-10-24(12-13-25)15-18-8-6-17(14-21)7-9-18/h6-9,16H,3-5,10-13,15H2,1-2H3. The molecular weight excluding hydrogens is 326 g/mol. The fourth-order valence-electron chi connectivity index (χ4n) is 3.40. The summed E-state index contributed by atoms with van der Waals surface area (Å²) in [5.41, 5.74) is 1.97. The smallest absolute Gasteiger partial charge is 0.243 e. The van der Waals surface area contributed by atoms with Crippen LogP contribution in [0.3, 0.4) is 0 Å². The lowest BCUT2D eigenvalue weighted by molar-refractivity contribution is 0.174. The molecule has 1 unspecified atom stereocenters. The molecule has 6 heteroatoms. The minimum atomic E-state index is 0.156. The number of hydrogen-bond acceptors (Lipinski definition) is 6. The van der Waals surface area contributed by atoms with Crippen molar-refractivity contribution in [1.29, 1.82) is 5.26 Å². The maximum Gasteiger partial charge on any atom is 0.243 e. The Kier molecular flexibility index (Phi) is 6.37. The molecule has 3 rings (SSSR count). The molecule has 0 radical (unpaired) electrons. The molecule has 138 valence electrons. The first kappa shape index (κ1) is 18.6. The Morgan fingerprint density at radius 2 is 2.00 bits per heavy atom. The van der Waals surface area contributed by atoms with Crippen molar-refractivity contribution in [3.05, 3.63) is 47.1 Å². The summed E-state index contributed by atoms with van der Waals surface area (Å²) in [6, 6.07) is 10.2. The average Bonchev–Trinajstić information content (AvgIpc) is 3.00. The van der Waals surface area contributed by atoms with Crippen molar-refractivity contribution < 1.29 is 4.52 Å². The normalized spacial score (nSPS) is 17.6. The van der Waals surface area contributed by atoms with Crippen molar-refractivity contribution in [3.63, 3.8) is 0 Å². The van der Waals surface area contributed by atoms with Crippen LogP contribution in [0.1, 0.15) is 55.6 Å². The second kappa shape index (κ2) is 8.93. The monoisotopic (exact) mass is 353 g/mol. The van der Waals surface area contributed by atoms with Crippen molar-refractivity contribution in [2.45, 2.75) is 45.7 Å². The van der Waals surface area contributed by atoms with E-state index < -0.39 is 0 Å². The Bertz CT molecular complexity index is 733. The van der Waals surface area contributed by atoms with Gasteiger partial charge in [0.05, 0.1) is 17.7 Å². The van der Waals surface area contributed by atoms with E-state index in [1.54, 1.807) is 0 Å². The summed E-state index contributed by atoms with van der Waals surface area (Å²) in [4.78, 5) is 9.46. The van der Waals surface area contributed by atoms with Crippen LogP contribution in [0.5, 0.6) is 0 Å². The van der Waals surface area contributed by atoms with Gasteiger partial charge in [0.2, 0.25) is 5.89 Å². The van der Waals surface area contributed by atoms with Gasteiger partial charge in [-0.15, -0.1) is 0 Å². The molecule has 0 bridgehead atoms. The lowest BCUT2D eigenvalue weighted by atomic mass is 10.1. The van der Waals surface area contributed by atoms with Gasteiger partial charge in [-0.1, -0.05) is 24.2 Å². The Morgan fingerprint density at radius 1 is 1.19 bits per heavy atom. The zero-order valence-corrected chi connectivity index (χ0v) is 15.7. The second-order valence-corrected chi connectivity index (χ2v) is 6.95. The highest BCUT2D eigenvalue weighted by Crippen LogP contribution is 2.21. The van der Waals surface area contributed by atoms with E-state index in [0.29, 0.717) is 5.56 Å². The SMILES string of the molecule is CCCc1noc(C(C)N2CCCN(Cc3ccc(C#N)cc3)CC2)n1.